The van der Waals surface area contributed by atoms with Crippen molar-refractivity contribution in [2.24, 2.45) is 11.8 Å². The van der Waals surface area contributed by atoms with Crippen molar-refractivity contribution in [1.82, 2.24) is 5.32 Å². The molecule has 2 rings (SSSR count). The normalized spacial score (nSPS) is 27.1. The number of benzene rings is 1. The summed E-state index contributed by atoms with van der Waals surface area (Å²) < 4.78 is 0. The van der Waals surface area contributed by atoms with Gasteiger partial charge in [0.05, 0.1) is 11.6 Å². The second kappa shape index (κ2) is 5.54. The van der Waals surface area contributed by atoms with Crippen molar-refractivity contribution in [3.63, 3.8) is 0 Å². The lowest BCUT2D eigenvalue weighted by atomic mass is 9.97. The Morgan fingerprint density at radius 2 is 2.11 bits per heavy atom. The second-order valence-electron chi connectivity index (χ2n) is 5.65. The van der Waals surface area contributed by atoms with Crippen molar-refractivity contribution in [2.45, 2.75) is 46.2 Å². The molecule has 2 heteroatoms. The summed E-state index contributed by atoms with van der Waals surface area (Å²) >= 11 is 0. The van der Waals surface area contributed by atoms with Crippen molar-refractivity contribution in [3.05, 3.63) is 34.9 Å². The Kier molecular flexibility index (Phi) is 4.04. The van der Waals surface area contributed by atoms with Crippen LogP contribution in [0.2, 0.25) is 0 Å². The molecule has 1 N–H and O–H groups in total. The van der Waals surface area contributed by atoms with Crippen molar-refractivity contribution < 1.29 is 0 Å². The van der Waals surface area contributed by atoms with Crippen LogP contribution >= 0.6 is 0 Å². The van der Waals surface area contributed by atoms with E-state index in [1.165, 1.54) is 24.0 Å². The van der Waals surface area contributed by atoms with Crippen LogP contribution in [-0.4, -0.2) is 6.04 Å². The van der Waals surface area contributed by atoms with Crippen LogP contribution in [0.4, 0.5) is 0 Å². The summed E-state index contributed by atoms with van der Waals surface area (Å²) in [6, 6.07) is 8.78. The van der Waals surface area contributed by atoms with E-state index in [1.54, 1.807) is 0 Å². The molecule has 2 nitrogen and oxygen atoms in total. The van der Waals surface area contributed by atoms with Crippen LogP contribution in [0.1, 0.15) is 43.4 Å². The lowest BCUT2D eigenvalue weighted by Crippen LogP contribution is -2.32. The number of nitrogens with one attached hydrogen (secondary N) is 1. The molecule has 0 aliphatic heterocycles. The van der Waals surface area contributed by atoms with E-state index in [1.807, 2.05) is 12.1 Å². The van der Waals surface area contributed by atoms with Gasteiger partial charge in [0.1, 0.15) is 0 Å². The fraction of sp³-hybridized carbons (Fsp3) is 0.562. The first-order valence-electron chi connectivity index (χ1n) is 6.85. The third kappa shape index (κ3) is 2.73. The summed E-state index contributed by atoms with van der Waals surface area (Å²) in [5.41, 5.74) is 3.26. The Bertz CT molecular complexity index is 459. The Morgan fingerprint density at radius 3 is 2.67 bits per heavy atom. The number of hydrogen-bond donors (Lipinski definition) is 1. The van der Waals surface area contributed by atoms with Gasteiger partial charge < -0.3 is 5.32 Å². The molecule has 3 atom stereocenters. The molecule has 0 spiro atoms. The van der Waals surface area contributed by atoms with Crippen LogP contribution in [0.3, 0.4) is 0 Å². The molecular formula is C16H22N2. The molecule has 0 heterocycles. The Labute approximate surface area is 110 Å². The maximum atomic E-state index is 8.85. The van der Waals surface area contributed by atoms with Gasteiger partial charge in [-0.1, -0.05) is 19.9 Å². The molecule has 1 aliphatic rings. The molecule has 3 unspecified atom stereocenters. The molecule has 0 radical (unpaired) electrons. The zero-order chi connectivity index (χ0) is 13.1. The predicted octanol–water partition coefficient (Wildman–Crippen LogP) is 3.39. The summed E-state index contributed by atoms with van der Waals surface area (Å²) in [5, 5.41) is 12.5. The molecule has 0 amide bonds. The van der Waals surface area contributed by atoms with Gasteiger partial charge in [-0.3, -0.25) is 0 Å². The summed E-state index contributed by atoms with van der Waals surface area (Å²) in [6.45, 7) is 7.69. The minimum atomic E-state index is 0.648. The summed E-state index contributed by atoms with van der Waals surface area (Å²) in [4.78, 5) is 0. The maximum Gasteiger partial charge on any atom is 0.0991 e. The van der Waals surface area contributed by atoms with E-state index in [4.69, 9.17) is 5.26 Å². The highest BCUT2D eigenvalue weighted by molar-refractivity contribution is 5.37. The highest BCUT2D eigenvalue weighted by Crippen LogP contribution is 2.31. The van der Waals surface area contributed by atoms with Crippen LogP contribution in [0.25, 0.3) is 0 Å². The zero-order valence-electron chi connectivity index (χ0n) is 11.5. The van der Waals surface area contributed by atoms with Gasteiger partial charge in [-0.05, 0) is 54.9 Å². The Hall–Kier alpha value is -1.33. The van der Waals surface area contributed by atoms with Crippen LogP contribution in [0.15, 0.2) is 18.2 Å². The molecular weight excluding hydrogens is 220 g/mol. The van der Waals surface area contributed by atoms with Gasteiger partial charge in [-0.25, -0.2) is 0 Å². The highest BCUT2D eigenvalue weighted by atomic mass is 14.9. The predicted molar refractivity (Wildman–Crippen MR) is 74.1 cm³/mol. The molecule has 1 fully saturated rings. The summed E-state index contributed by atoms with van der Waals surface area (Å²) in [5.74, 6) is 1.60. The second-order valence-corrected chi connectivity index (χ2v) is 5.65. The lowest BCUT2D eigenvalue weighted by molar-refractivity contribution is 0.369. The van der Waals surface area contributed by atoms with Gasteiger partial charge in [0.25, 0.3) is 0 Å². The smallest absolute Gasteiger partial charge is 0.0991 e. The number of nitriles is 1. The van der Waals surface area contributed by atoms with Gasteiger partial charge in [-0.2, -0.15) is 5.26 Å². The van der Waals surface area contributed by atoms with E-state index in [0.717, 1.165) is 23.9 Å². The molecule has 1 aromatic rings. The van der Waals surface area contributed by atoms with E-state index >= 15 is 0 Å². The molecule has 0 bridgehead atoms. The average molecular weight is 242 g/mol. The third-order valence-electron chi connectivity index (χ3n) is 4.49. The average Bonchev–Trinajstić information content (AvgIpc) is 2.68. The first-order valence-corrected chi connectivity index (χ1v) is 6.85. The first kappa shape index (κ1) is 13.1. The largest absolute Gasteiger partial charge is 0.310 e. The summed E-state index contributed by atoms with van der Waals surface area (Å²) in [7, 11) is 0. The highest BCUT2D eigenvalue weighted by Gasteiger charge is 2.28. The third-order valence-corrected chi connectivity index (χ3v) is 4.49. The molecule has 1 saturated carbocycles. The SMILES string of the molecule is Cc1cc(C#N)ccc1CNC1CCC(C)C1C. The standard InChI is InChI=1S/C16H22N2/c1-11-4-7-16(13(11)3)18-10-15-6-5-14(9-17)8-12(15)2/h5-6,8,11,13,16,18H,4,7,10H2,1-3H3. The number of aryl methyl sites for hydroxylation is 1. The van der Waals surface area contributed by atoms with Crippen LogP contribution in [-0.2, 0) is 6.54 Å². The molecule has 0 saturated heterocycles. The van der Waals surface area contributed by atoms with Crippen LogP contribution in [0, 0.1) is 30.1 Å². The fourth-order valence-corrected chi connectivity index (χ4v) is 2.86. The zero-order valence-corrected chi connectivity index (χ0v) is 11.5. The van der Waals surface area contributed by atoms with Crippen molar-refractivity contribution >= 4 is 0 Å². The molecule has 1 aromatic carbocycles. The van der Waals surface area contributed by atoms with Crippen LogP contribution < -0.4 is 5.32 Å². The Balaban J connectivity index is 1.97. The monoisotopic (exact) mass is 242 g/mol. The minimum Gasteiger partial charge on any atom is -0.310 e. The number of hydrogen-bond acceptors (Lipinski definition) is 2. The molecule has 0 aromatic heterocycles. The van der Waals surface area contributed by atoms with Crippen molar-refractivity contribution in [2.75, 3.05) is 0 Å². The van der Waals surface area contributed by atoms with E-state index < -0.39 is 0 Å². The summed E-state index contributed by atoms with van der Waals surface area (Å²) in [6.07, 6.45) is 2.63. The maximum absolute atomic E-state index is 8.85. The topological polar surface area (TPSA) is 35.8 Å². The van der Waals surface area contributed by atoms with Gasteiger partial charge in [0, 0.05) is 12.6 Å². The Morgan fingerprint density at radius 1 is 1.33 bits per heavy atom. The fourth-order valence-electron chi connectivity index (χ4n) is 2.86. The number of nitrogens with zero attached hydrogens (tertiary/aromatic N) is 1. The van der Waals surface area contributed by atoms with Gasteiger partial charge >= 0.3 is 0 Å². The first-order chi connectivity index (χ1) is 8.61. The van der Waals surface area contributed by atoms with Crippen LogP contribution in [0.5, 0.6) is 0 Å². The number of rotatable bonds is 3. The van der Waals surface area contributed by atoms with E-state index in [-0.39, 0.29) is 0 Å². The van der Waals surface area contributed by atoms with Gasteiger partial charge in [0.2, 0.25) is 0 Å². The van der Waals surface area contributed by atoms with Crippen molar-refractivity contribution in [3.8, 4) is 6.07 Å². The van der Waals surface area contributed by atoms with Gasteiger partial charge in [0.15, 0.2) is 0 Å². The van der Waals surface area contributed by atoms with E-state index in [2.05, 4.69) is 38.2 Å². The van der Waals surface area contributed by atoms with Gasteiger partial charge in [-0.15, -0.1) is 0 Å². The lowest BCUT2D eigenvalue weighted by Gasteiger charge is -2.20. The molecule has 18 heavy (non-hydrogen) atoms. The van der Waals surface area contributed by atoms with E-state index in [0.29, 0.717) is 6.04 Å². The molecule has 1 aliphatic carbocycles. The quantitative estimate of drug-likeness (QED) is 0.882. The minimum absolute atomic E-state index is 0.648. The van der Waals surface area contributed by atoms with Crippen molar-refractivity contribution in [1.29, 1.82) is 5.26 Å². The van der Waals surface area contributed by atoms with E-state index in [9.17, 15) is 0 Å². The molecule has 96 valence electrons.